The lowest BCUT2D eigenvalue weighted by atomic mass is 9.56. The highest BCUT2D eigenvalue weighted by molar-refractivity contribution is 7.82. The van der Waals surface area contributed by atoms with Crippen LogP contribution in [0.15, 0.2) is 91.0 Å². The Kier molecular flexibility index (Phi) is 7.00. The van der Waals surface area contributed by atoms with E-state index in [2.05, 4.69) is 12.6 Å². The van der Waals surface area contributed by atoms with Crippen LogP contribution in [0.1, 0.15) is 37.5 Å². The molecule has 3 aromatic rings. The van der Waals surface area contributed by atoms with E-state index in [0.29, 0.717) is 16.7 Å². The first kappa shape index (κ1) is 24.6. The van der Waals surface area contributed by atoms with Crippen LogP contribution >= 0.6 is 12.6 Å². The van der Waals surface area contributed by atoms with Crippen LogP contribution in [0.2, 0.25) is 0 Å². The fourth-order valence-corrected chi connectivity index (χ4v) is 4.66. The molecular weight excluding hydrogens is 434 g/mol. The molecule has 0 aliphatic heterocycles. The minimum Gasteiger partial charge on any atom is -0.480 e. The molecule has 172 valence electrons. The van der Waals surface area contributed by atoms with E-state index in [1.54, 1.807) is 20.8 Å². The van der Waals surface area contributed by atoms with Crippen molar-refractivity contribution in [3.8, 4) is 0 Å². The van der Waals surface area contributed by atoms with Gasteiger partial charge in [0.2, 0.25) is 0 Å². The molecule has 0 aromatic heterocycles. The van der Waals surface area contributed by atoms with Crippen molar-refractivity contribution in [2.75, 3.05) is 0 Å². The van der Waals surface area contributed by atoms with Gasteiger partial charge in [-0.3, -0.25) is 9.59 Å². The predicted octanol–water partition coefficient (Wildman–Crippen LogP) is 4.44. The van der Waals surface area contributed by atoms with Gasteiger partial charge in [0, 0.05) is 0 Å². The van der Waals surface area contributed by atoms with Gasteiger partial charge in [0.15, 0.2) is 5.54 Å². The first-order valence-electron chi connectivity index (χ1n) is 10.6. The SMILES string of the molecule is CC(C)(C)OC(=O)C(S)[C@@](N)(C(=O)O)C(c1ccccc1)(c1ccccc1)c1ccccc1. The van der Waals surface area contributed by atoms with Crippen LogP contribution in [-0.2, 0) is 19.7 Å². The molecule has 0 aliphatic carbocycles. The van der Waals surface area contributed by atoms with Gasteiger partial charge in [-0.2, -0.15) is 12.6 Å². The molecule has 3 aromatic carbocycles. The number of carboxylic acids is 1. The molecule has 0 fully saturated rings. The lowest BCUT2D eigenvalue weighted by molar-refractivity contribution is -0.161. The molecular formula is C27H29NO4S. The van der Waals surface area contributed by atoms with Gasteiger partial charge < -0.3 is 15.6 Å². The third-order valence-electron chi connectivity index (χ3n) is 5.66. The monoisotopic (exact) mass is 463 g/mol. The molecule has 0 saturated heterocycles. The minimum atomic E-state index is -2.22. The number of benzene rings is 3. The molecule has 0 spiro atoms. The molecule has 3 rings (SSSR count). The molecule has 5 nitrogen and oxygen atoms in total. The molecule has 0 heterocycles. The fraction of sp³-hybridized carbons (Fsp3) is 0.259. The average Bonchev–Trinajstić information content (AvgIpc) is 2.80. The van der Waals surface area contributed by atoms with Crippen LogP contribution in [0.25, 0.3) is 0 Å². The predicted molar refractivity (Wildman–Crippen MR) is 132 cm³/mol. The standard InChI is InChI=1S/C27H29NO4S/c1-25(2,3)32-23(29)22(33)27(28,24(30)31)26(19-13-7-4-8-14-19,20-15-9-5-10-16-20)21-17-11-6-12-18-21/h4-18,22,33H,28H2,1-3H3,(H,30,31)/t22?,27-/m1/s1. The highest BCUT2D eigenvalue weighted by atomic mass is 32.1. The molecule has 6 heteroatoms. The zero-order valence-corrected chi connectivity index (χ0v) is 19.8. The Bertz CT molecular complexity index is 1000. The van der Waals surface area contributed by atoms with Crippen molar-refractivity contribution in [2.24, 2.45) is 5.73 Å². The van der Waals surface area contributed by atoms with E-state index in [1.807, 2.05) is 91.0 Å². The number of hydrogen-bond donors (Lipinski definition) is 3. The van der Waals surface area contributed by atoms with Crippen molar-refractivity contribution >= 4 is 24.6 Å². The average molecular weight is 464 g/mol. The maximum Gasteiger partial charge on any atom is 0.327 e. The Morgan fingerprint density at radius 2 is 1.12 bits per heavy atom. The van der Waals surface area contributed by atoms with Crippen molar-refractivity contribution in [2.45, 2.75) is 42.6 Å². The van der Waals surface area contributed by atoms with E-state index in [-0.39, 0.29) is 0 Å². The van der Waals surface area contributed by atoms with Gasteiger partial charge in [-0.1, -0.05) is 91.0 Å². The summed E-state index contributed by atoms with van der Waals surface area (Å²) in [5.74, 6) is -2.17. The maximum atomic E-state index is 13.2. The van der Waals surface area contributed by atoms with Crippen molar-refractivity contribution in [3.05, 3.63) is 108 Å². The minimum absolute atomic E-state index is 0.620. The highest BCUT2D eigenvalue weighted by Crippen LogP contribution is 2.49. The first-order valence-corrected chi connectivity index (χ1v) is 11.2. The number of carbonyl (C=O) groups is 2. The molecule has 2 atom stereocenters. The van der Waals surface area contributed by atoms with Gasteiger partial charge in [0.1, 0.15) is 10.9 Å². The Morgan fingerprint density at radius 1 is 0.788 bits per heavy atom. The van der Waals surface area contributed by atoms with Gasteiger partial charge >= 0.3 is 11.9 Å². The molecule has 1 unspecified atom stereocenters. The van der Waals surface area contributed by atoms with Crippen LogP contribution in [0, 0.1) is 0 Å². The van der Waals surface area contributed by atoms with Crippen molar-refractivity contribution < 1.29 is 19.4 Å². The van der Waals surface area contributed by atoms with Gasteiger partial charge in [-0.05, 0) is 37.5 Å². The number of aliphatic carboxylic acids is 1. The van der Waals surface area contributed by atoms with E-state index in [4.69, 9.17) is 10.5 Å². The number of rotatable bonds is 7. The van der Waals surface area contributed by atoms with Crippen LogP contribution in [0.5, 0.6) is 0 Å². The van der Waals surface area contributed by atoms with E-state index < -0.39 is 33.7 Å². The number of thiol groups is 1. The summed E-state index contributed by atoms with van der Waals surface area (Å²) in [4.78, 5) is 26.3. The quantitative estimate of drug-likeness (QED) is 0.274. The molecule has 0 amide bonds. The van der Waals surface area contributed by atoms with E-state index in [1.165, 1.54) is 0 Å². The zero-order chi connectivity index (χ0) is 24.3. The highest BCUT2D eigenvalue weighted by Gasteiger charge is 2.63. The maximum absolute atomic E-state index is 13.2. The third kappa shape index (κ3) is 4.41. The van der Waals surface area contributed by atoms with Gasteiger partial charge in [-0.15, -0.1) is 0 Å². The second kappa shape index (κ2) is 9.41. The number of hydrogen-bond acceptors (Lipinski definition) is 5. The number of carbonyl (C=O) groups excluding carboxylic acids is 1. The second-order valence-electron chi connectivity index (χ2n) is 8.96. The lowest BCUT2D eigenvalue weighted by Gasteiger charge is -2.49. The Labute approximate surface area is 200 Å². The molecule has 0 bridgehead atoms. The summed E-state index contributed by atoms with van der Waals surface area (Å²) < 4.78 is 5.54. The summed E-state index contributed by atoms with van der Waals surface area (Å²) in [6.45, 7) is 5.13. The molecule has 0 radical (unpaired) electrons. The van der Waals surface area contributed by atoms with Crippen molar-refractivity contribution in [3.63, 3.8) is 0 Å². The zero-order valence-electron chi connectivity index (χ0n) is 18.9. The number of esters is 1. The summed E-state index contributed by atoms with van der Waals surface area (Å²) in [5.41, 5.74) is 4.24. The summed E-state index contributed by atoms with van der Waals surface area (Å²) in [6.07, 6.45) is 0. The molecule has 33 heavy (non-hydrogen) atoms. The number of carboxylic acid groups (broad SMARTS) is 1. The third-order valence-corrected chi connectivity index (χ3v) is 6.27. The van der Waals surface area contributed by atoms with Gasteiger partial charge in [0.05, 0.1) is 5.41 Å². The number of ether oxygens (including phenoxy) is 1. The lowest BCUT2D eigenvalue weighted by Crippen LogP contribution is -2.71. The fourth-order valence-electron chi connectivity index (χ4n) is 4.31. The Morgan fingerprint density at radius 3 is 1.39 bits per heavy atom. The summed E-state index contributed by atoms with van der Waals surface area (Å²) in [7, 11) is 0. The van der Waals surface area contributed by atoms with Gasteiger partial charge in [0.25, 0.3) is 0 Å². The summed E-state index contributed by atoms with van der Waals surface area (Å²) in [6, 6.07) is 27.4. The molecule has 0 aliphatic rings. The topological polar surface area (TPSA) is 89.6 Å². The summed E-state index contributed by atoms with van der Waals surface area (Å²) in [5, 5.41) is 9.20. The van der Waals surface area contributed by atoms with Crippen LogP contribution in [0.3, 0.4) is 0 Å². The van der Waals surface area contributed by atoms with E-state index in [0.717, 1.165) is 0 Å². The second-order valence-corrected chi connectivity index (χ2v) is 9.47. The van der Waals surface area contributed by atoms with E-state index in [9.17, 15) is 14.7 Å². The Hall–Kier alpha value is -3.09. The first-order chi connectivity index (χ1) is 15.5. The van der Waals surface area contributed by atoms with Crippen molar-refractivity contribution in [1.29, 1.82) is 0 Å². The van der Waals surface area contributed by atoms with Crippen LogP contribution in [-0.4, -0.2) is 33.4 Å². The summed E-state index contributed by atoms with van der Waals surface area (Å²) >= 11 is 4.52. The van der Waals surface area contributed by atoms with Gasteiger partial charge in [-0.25, -0.2) is 0 Å². The Balaban J connectivity index is 2.45. The van der Waals surface area contributed by atoms with Crippen LogP contribution < -0.4 is 5.73 Å². The number of nitrogens with two attached hydrogens (primary N) is 1. The molecule has 3 N–H and O–H groups in total. The van der Waals surface area contributed by atoms with E-state index >= 15 is 0 Å². The molecule has 0 saturated carbocycles. The normalized spacial score (nSPS) is 14.7. The smallest absolute Gasteiger partial charge is 0.327 e. The van der Waals surface area contributed by atoms with Crippen LogP contribution in [0.4, 0.5) is 0 Å². The van der Waals surface area contributed by atoms with Crippen molar-refractivity contribution in [1.82, 2.24) is 0 Å². The largest absolute Gasteiger partial charge is 0.480 e.